The van der Waals surface area contributed by atoms with Gasteiger partial charge in [-0.25, -0.2) is 4.98 Å². The zero-order valence-electron chi connectivity index (χ0n) is 15.8. The average Bonchev–Trinajstić information content (AvgIpc) is 2.70. The van der Waals surface area contributed by atoms with E-state index in [1.54, 1.807) is 36.5 Å². The summed E-state index contributed by atoms with van der Waals surface area (Å²) in [6, 6.07) is 20.6. The van der Waals surface area contributed by atoms with Crippen molar-refractivity contribution in [2.45, 2.75) is 19.9 Å². The molecule has 0 radical (unpaired) electrons. The molecule has 3 aromatic rings. The number of pyridine rings is 1. The number of rotatable bonds is 6. The molecule has 0 bridgehead atoms. The Balaban J connectivity index is 1.59. The highest BCUT2D eigenvalue weighted by Gasteiger charge is 2.09. The second-order valence-electron chi connectivity index (χ2n) is 6.42. The number of hydrogen-bond acceptors (Lipinski definition) is 4. The summed E-state index contributed by atoms with van der Waals surface area (Å²) >= 11 is 0. The fraction of sp³-hybridized carbons (Fsp3) is 0.136. The lowest BCUT2D eigenvalue weighted by molar-refractivity contribution is -0.114. The van der Waals surface area contributed by atoms with Gasteiger partial charge in [0.25, 0.3) is 5.91 Å². The van der Waals surface area contributed by atoms with Crippen LogP contribution < -0.4 is 16.0 Å². The van der Waals surface area contributed by atoms with Crippen molar-refractivity contribution in [3.63, 3.8) is 0 Å². The van der Waals surface area contributed by atoms with Crippen LogP contribution in [0.15, 0.2) is 72.9 Å². The minimum Gasteiger partial charge on any atom is -0.377 e. The van der Waals surface area contributed by atoms with E-state index in [2.05, 4.69) is 40.0 Å². The monoisotopic (exact) mass is 374 g/mol. The standard InChI is InChI=1S/C22H22N4O2/c1-15(17-6-4-3-5-7-17)24-20-12-13-21(23-14-20)22(28)26-19-10-8-18(9-11-19)25-16(2)27/h3-15,24H,1-2H3,(H,25,27)(H,26,28). The number of nitrogens with zero attached hydrogens (tertiary/aromatic N) is 1. The Morgan fingerprint density at radius 1 is 0.821 bits per heavy atom. The van der Waals surface area contributed by atoms with Crippen molar-refractivity contribution in [1.29, 1.82) is 0 Å². The van der Waals surface area contributed by atoms with Gasteiger partial charge in [0.1, 0.15) is 5.69 Å². The van der Waals surface area contributed by atoms with Crippen LogP contribution in [0.4, 0.5) is 17.1 Å². The third-order valence-electron chi connectivity index (χ3n) is 4.14. The molecule has 0 fully saturated rings. The predicted molar refractivity (Wildman–Crippen MR) is 111 cm³/mol. The molecule has 0 aliphatic rings. The molecule has 1 atom stereocenters. The second-order valence-corrected chi connectivity index (χ2v) is 6.42. The molecule has 0 saturated heterocycles. The normalized spacial score (nSPS) is 11.4. The van der Waals surface area contributed by atoms with Crippen LogP contribution in [0.3, 0.4) is 0 Å². The third kappa shape index (κ3) is 5.17. The lowest BCUT2D eigenvalue weighted by atomic mass is 10.1. The molecule has 0 aliphatic heterocycles. The van der Waals surface area contributed by atoms with Gasteiger partial charge in [-0.15, -0.1) is 0 Å². The molecule has 1 aromatic heterocycles. The van der Waals surface area contributed by atoms with E-state index in [4.69, 9.17) is 0 Å². The first-order chi connectivity index (χ1) is 13.5. The Morgan fingerprint density at radius 3 is 2.00 bits per heavy atom. The van der Waals surface area contributed by atoms with E-state index in [-0.39, 0.29) is 17.9 Å². The molecule has 6 heteroatoms. The summed E-state index contributed by atoms with van der Waals surface area (Å²) in [6.07, 6.45) is 1.65. The number of nitrogens with one attached hydrogen (secondary N) is 3. The van der Waals surface area contributed by atoms with Gasteiger partial charge in [0.2, 0.25) is 5.91 Å². The van der Waals surface area contributed by atoms with Gasteiger partial charge in [0.15, 0.2) is 0 Å². The Kier molecular flexibility index (Phi) is 6.01. The first-order valence-corrected chi connectivity index (χ1v) is 8.98. The molecule has 0 spiro atoms. The van der Waals surface area contributed by atoms with Crippen molar-refractivity contribution < 1.29 is 9.59 Å². The Morgan fingerprint density at radius 2 is 1.43 bits per heavy atom. The van der Waals surface area contributed by atoms with Gasteiger partial charge in [-0.3, -0.25) is 9.59 Å². The number of anilines is 3. The fourth-order valence-corrected chi connectivity index (χ4v) is 2.72. The zero-order valence-corrected chi connectivity index (χ0v) is 15.8. The molecule has 142 valence electrons. The van der Waals surface area contributed by atoms with Crippen LogP contribution in [0.5, 0.6) is 0 Å². The van der Waals surface area contributed by atoms with Crippen molar-refractivity contribution in [3.05, 3.63) is 84.2 Å². The lowest BCUT2D eigenvalue weighted by Crippen LogP contribution is -2.14. The topological polar surface area (TPSA) is 83.1 Å². The van der Waals surface area contributed by atoms with Crippen LogP contribution >= 0.6 is 0 Å². The quantitative estimate of drug-likeness (QED) is 0.595. The minimum atomic E-state index is -0.296. The number of aromatic nitrogens is 1. The predicted octanol–water partition coefficient (Wildman–Crippen LogP) is 4.47. The van der Waals surface area contributed by atoms with Gasteiger partial charge < -0.3 is 16.0 Å². The largest absolute Gasteiger partial charge is 0.377 e. The maximum Gasteiger partial charge on any atom is 0.274 e. The summed E-state index contributed by atoms with van der Waals surface area (Å²) in [4.78, 5) is 27.7. The molecule has 2 amide bonds. The summed E-state index contributed by atoms with van der Waals surface area (Å²) in [5.41, 5.74) is 3.64. The van der Waals surface area contributed by atoms with Crippen molar-refractivity contribution in [2.75, 3.05) is 16.0 Å². The Labute approximate surface area is 164 Å². The molecule has 3 rings (SSSR count). The third-order valence-corrected chi connectivity index (χ3v) is 4.14. The summed E-state index contributed by atoms with van der Waals surface area (Å²) in [6.45, 7) is 3.51. The van der Waals surface area contributed by atoms with E-state index in [9.17, 15) is 9.59 Å². The van der Waals surface area contributed by atoms with Crippen molar-refractivity contribution in [3.8, 4) is 0 Å². The highest BCUT2D eigenvalue weighted by atomic mass is 16.2. The number of carbonyl (C=O) groups excluding carboxylic acids is 2. The van der Waals surface area contributed by atoms with Crippen molar-refractivity contribution in [1.82, 2.24) is 4.98 Å². The SMILES string of the molecule is CC(=O)Nc1ccc(NC(=O)c2ccc(NC(C)c3ccccc3)cn2)cc1. The maximum atomic E-state index is 12.4. The van der Waals surface area contributed by atoms with Gasteiger partial charge >= 0.3 is 0 Å². The first-order valence-electron chi connectivity index (χ1n) is 8.98. The molecule has 28 heavy (non-hydrogen) atoms. The maximum absolute atomic E-state index is 12.4. The van der Waals surface area contributed by atoms with Crippen LogP contribution in [0, 0.1) is 0 Å². The molecule has 0 saturated carbocycles. The summed E-state index contributed by atoms with van der Waals surface area (Å²) in [5, 5.41) is 8.84. The van der Waals surface area contributed by atoms with Crippen LogP contribution in [-0.2, 0) is 4.79 Å². The first kappa shape index (κ1) is 19.1. The molecule has 6 nitrogen and oxygen atoms in total. The highest BCUT2D eigenvalue weighted by Crippen LogP contribution is 2.19. The van der Waals surface area contributed by atoms with E-state index in [1.807, 2.05) is 24.3 Å². The molecule has 1 unspecified atom stereocenters. The van der Waals surface area contributed by atoms with E-state index in [0.29, 0.717) is 17.1 Å². The smallest absolute Gasteiger partial charge is 0.274 e. The van der Waals surface area contributed by atoms with Crippen LogP contribution in [-0.4, -0.2) is 16.8 Å². The van der Waals surface area contributed by atoms with Crippen LogP contribution in [0.25, 0.3) is 0 Å². The lowest BCUT2D eigenvalue weighted by Gasteiger charge is -2.15. The molecular formula is C22H22N4O2. The van der Waals surface area contributed by atoms with Crippen molar-refractivity contribution >= 4 is 28.9 Å². The zero-order chi connectivity index (χ0) is 19.9. The highest BCUT2D eigenvalue weighted by molar-refractivity contribution is 6.03. The molecule has 3 N–H and O–H groups in total. The van der Waals surface area contributed by atoms with Gasteiger partial charge in [-0.2, -0.15) is 0 Å². The van der Waals surface area contributed by atoms with E-state index < -0.39 is 0 Å². The van der Waals surface area contributed by atoms with Gasteiger partial charge in [-0.1, -0.05) is 30.3 Å². The number of hydrogen-bond donors (Lipinski definition) is 3. The average molecular weight is 374 g/mol. The second kappa shape index (κ2) is 8.81. The molecule has 0 aliphatic carbocycles. The van der Waals surface area contributed by atoms with E-state index >= 15 is 0 Å². The van der Waals surface area contributed by atoms with E-state index in [0.717, 1.165) is 5.69 Å². The van der Waals surface area contributed by atoms with E-state index in [1.165, 1.54) is 12.5 Å². The minimum absolute atomic E-state index is 0.129. The number of benzene rings is 2. The number of amides is 2. The summed E-state index contributed by atoms with van der Waals surface area (Å²) < 4.78 is 0. The fourth-order valence-electron chi connectivity index (χ4n) is 2.72. The molecular weight excluding hydrogens is 352 g/mol. The van der Waals surface area contributed by atoms with Crippen molar-refractivity contribution in [2.24, 2.45) is 0 Å². The summed E-state index contributed by atoms with van der Waals surface area (Å²) in [5.74, 6) is -0.439. The van der Waals surface area contributed by atoms with Gasteiger partial charge in [0.05, 0.1) is 11.9 Å². The Bertz CT molecular complexity index is 939. The van der Waals surface area contributed by atoms with Crippen LogP contribution in [0.1, 0.15) is 35.9 Å². The molecule has 1 heterocycles. The Hall–Kier alpha value is -3.67. The molecule has 2 aromatic carbocycles. The summed E-state index contributed by atoms with van der Waals surface area (Å²) in [7, 11) is 0. The van der Waals surface area contributed by atoms with Gasteiger partial charge in [-0.05, 0) is 48.9 Å². The van der Waals surface area contributed by atoms with Crippen LogP contribution in [0.2, 0.25) is 0 Å². The van der Waals surface area contributed by atoms with Gasteiger partial charge in [0, 0.05) is 24.3 Å². The number of carbonyl (C=O) groups is 2.